The lowest BCUT2D eigenvalue weighted by Crippen LogP contribution is -2.74. The topological polar surface area (TPSA) is 116 Å². The largest absolute Gasteiger partial charge is 0.481 e. The fourth-order valence-corrected chi connectivity index (χ4v) is 5.45. The molecule has 0 radical (unpaired) electrons. The van der Waals surface area contributed by atoms with E-state index in [0.717, 1.165) is 28.2 Å². The number of amides is 3. The molecule has 5 rings (SSSR count). The molecule has 0 aliphatic carbocycles. The molecule has 44 heavy (non-hydrogen) atoms. The van der Waals surface area contributed by atoms with Gasteiger partial charge in [-0.2, -0.15) is 13.2 Å². The van der Waals surface area contributed by atoms with E-state index in [1.54, 1.807) is 48.6 Å². The van der Waals surface area contributed by atoms with Crippen LogP contribution in [-0.4, -0.2) is 63.5 Å². The van der Waals surface area contributed by atoms with Gasteiger partial charge >= 0.3 is 18.2 Å². The molecule has 228 valence electrons. The van der Waals surface area contributed by atoms with Crippen molar-refractivity contribution in [2.45, 2.75) is 43.3 Å². The number of carboxylic acids is 1. The number of aliphatic carboxylic acids is 1. The molecule has 0 spiro atoms. The smallest absolute Gasteiger partial charge is 0.416 e. The number of ether oxygens (including phenoxy) is 1. The quantitative estimate of drug-likeness (QED) is 0.324. The first kappa shape index (κ1) is 30.3. The second-order valence-electron chi connectivity index (χ2n) is 10.4. The highest BCUT2D eigenvalue weighted by Crippen LogP contribution is 2.39. The highest BCUT2D eigenvalue weighted by molar-refractivity contribution is 5.99. The summed E-state index contributed by atoms with van der Waals surface area (Å²) in [6.45, 7) is -0.332. The van der Waals surface area contributed by atoms with Gasteiger partial charge in [0.2, 0.25) is 11.8 Å². The van der Waals surface area contributed by atoms with Gasteiger partial charge in [0.25, 0.3) is 0 Å². The summed E-state index contributed by atoms with van der Waals surface area (Å²) in [5.41, 5.74) is 0.735. The summed E-state index contributed by atoms with van der Waals surface area (Å²) in [7, 11) is 0. The molecule has 3 amide bonds. The van der Waals surface area contributed by atoms with Gasteiger partial charge in [-0.05, 0) is 28.8 Å². The second kappa shape index (κ2) is 12.6. The van der Waals surface area contributed by atoms with E-state index in [0.29, 0.717) is 0 Å². The molecule has 9 nitrogen and oxygen atoms in total. The van der Waals surface area contributed by atoms with Crippen LogP contribution in [0.5, 0.6) is 0 Å². The van der Waals surface area contributed by atoms with Crippen LogP contribution < -0.4 is 5.32 Å². The number of benzene rings is 3. The van der Waals surface area contributed by atoms with Crippen LogP contribution in [0.15, 0.2) is 91.0 Å². The third-order valence-corrected chi connectivity index (χ3v) is 7.56. The average molecular weight is 608 g/mol. The van der Waals surface area contributed by atoms with Crippen molar-refractivity contribution in [1.82, 2.24) is 15.1 Å². The van der Waals surface area contributed by atoms with E-state index in [1.165, 1.54) is 17.0 Å². The fourth-order valence-electron chi connectivity index (χ4n) is 5.45. The maximum Gasteiger partial charge on any atom is 0.416 e. The van der Waals surface area contributed by atoms with Crippen LogP contribution in [0.1, 0.15) is 34.7 Å². The van der Waals surface area contributed by atoms with E-state index in [4.69, 9.17) is 4.74 Å². The van der Waals surface area contributed by atoms with Gasteiger partial charge in [-0.3, -0.25) is 19.3 Å². The Bertz CT molecular complexity index is 1560. The van der Waals surface area contributed by atoms with Gasteiger partial charge in [-0.1, -0.05) is 84.9 Å². The van der Waals surface area contributed by atoms with Gasteiger partial charge in [0.1, 0.15) is 18.7 Å². The Balaban J connectivity index is 1.44. The first-order chi connectivity index (χ1) is 21.0. The number of β-lactam (4-membered cyclic amide) rings is 1. The fraction of sp³-hybridized carbons (Fsp3) is 0.250. The van der Waals surface area contributed by atoms with Crippen LogP contribution in [0.4, 0.5) is 18.0 Å². The number of nitrogens with zero attached hydrogens (tertiary/aromatic N) is 2. The molecule has 0 unspecified atom stereocenters. The van der Waals surface area contributed by atoms with Crippen LogP contribution in [0.2, 0.25) is 0 Å². The molecule has 12 heteroatoms. The van der Waals surface area contributed by atoms with E-state index in [2.05, 4.69) is 5.32 Å². The molecule has 4 atom stereocenters. The zero-order valence-corrected chi connectivity index (χ0v) is 23.2. The Morgan fingerprint density at radius 2 is 1.68 bits per heavy atom. The van der Waals surface area contributed by atoms with Crippen molar-refractivity contribution < 1.29 is 42.2 Å². The summed E-state index contributed by atoms with van der Waals surface area (Å²) in [5, 5.41) is 12.1. The minimum absolute atomic E-state index is 0.00221. The van der Waals surface area contributed by atoms with E-state index in [9.17, 15) is 37.5 Å². The number of carbonyl (C=O) groups excluding carboxylic acids is 3. The normalized spacial score (nSPS) is 20.8. The average Bonchev–Trinajstić information content (AvgIpc) is 3.38. The molecule has 2 fully saturated rings. The van der Waals surface area contributed by atoms with Crippen molar-refractivity contribution in [2.75, 3.05) is 6.61 Å². The van der Waals surface area contributed by atoms with E-state index >= 15 is 0 Å². The number of carboxylic acid groups (broad SMARTS) is 1. The minimum Gasteiger partial charge on any atom is -0.481 e. The number of hydrogen-bond acceptors (Lipinski definition) is 5. The van der Waals surface area contributed by atoms with Crippen molar-refractivity contribution >= 4 is 30.0 Å². The van der Waals surface area contributed by atoms with Crippen LogP contribution >= 0.6 is 0 Å². The molecule has 2 heterocycles. The van der Waals surface area contributed by atoms with Crippen molar-refractivity contribution in [1.29, 1.82) is 0 Å². The Labute approximate surface area is 250 Å². The third kappa shape index (κ3) is 6.43. The Morgan fingerprint density at radius 1 is 1.00 bits per heavy atom. The lowest BCUT2D eigenvalue weighted by Gasteiger charge is -2.52. The number of carbonyl (C=O) groups is 4. The lowest BCUT2D eigenvalue weighted by atomic mass is 9.87. The first-order valence-corrected chi connectivity index (χ1v) is 13.8. The number of nitrogens with one attached hydrogen (secondary N) is 1. The number of rotatable bonds is 10. The summed E-state index contributed by atoms with van der Waals surface area (Å²) in [4.78, 5) is 54.4. The summed E-state index contributed by atoms with van der Waals surface area (Å²) in [6.07, 6.45) is -2.75. The highest BCUT2D eigenvalue weighted by Gasteiger charge is 2.58. The van der Waals surface area contributed by atoms with Gasteiger partial charge in [0.05, 0.1) is 24.1 Å². The molecular weight excluding hydrogens is 579 g/mol. The van der Waals surface area contributed by atoms with Crippen LogP contribution in [-0.2, 0) is 31.8 Å². The molecular formula is C32H28F3N3O6. The third-order valence-electron chi connectivity index (χ3n) is 7.56. The number of halogens is 3. The van der Waals surface area contributed by atoms with E-state index in [-0.39, 0.29) is 18.7 Å². The Morgan fingerprint density at radius 3 is 2.34 bits per heavy atom. The molecule has 2 aliphatic rings. The molecule has 3 aromatic carbocycles. The number of likely N-dealkylation sites (tertiary alicyclic amines) is 1. The Kier molecular flexibility index (Phi) is 8.70. The molecule has 0 bridgehead atoms. The maximum absolute atomic E-state index is 13.8. The number of hydrogen-bond donors (Lipinski definition) is 2. The lowest BCUT2D eigenvalue weighted by molar-refractivity contribution is -0.165. The predicted molar refractivity (Wildman–Crippen MR) is 152 cm³/mol. The van der Waals surface area contributed by atoms with Gasteiger partial charge in [-0.15, -0.1) is 0 Å². The second-order valence-corrected chi connectivity index (χ2v) is 10.4. The van der Waals surface area contributed by atoms with E-state index in [1.807, 2.05) is 24.3 Å². The van der Waals surface area contributed by atoms with Crippen LogP contribution in [0.3, 0.4) is 0 Å². The predicted octanol–water partition coefficient (Wildman–Crippen LogP) is 4.65. The van der Waals surface area contributed by atoms with E-state index < -0.39 is 66.2 Å². The maximum atomic E-state index is 13.8. The van der Waals surface area contributed by atoms with Crippen molar-refractivity contribution in [3.63, 3.8) is 0 Å². The van der Waals surface area contributed by atoms with Gasteiger partial charge in [0, 0.05) is 6.54 Å². The molecule has 2 aliphatic heterocycles. The van der Waals surface area contributed by atoms with Crippen LogP contribution in [0, 0.1) is 0 Å². The summed E-state index contributed by atoms with van der Waals surface area (Å²) < 4.78 is 44.8. The molecule has 2 saturated heterocycles. The summed E-state index contributed by atoms with van der Waals surface area (Å²) in [5.74, 6) is -2.89. The number of cyclic esters (lactones) is 1. The molecule has 2 N–H and O–H groups in total. The minimum atomic E-state index is -4.59. The number of alkyl halides is 3. The summed E-state index contributed by atoms with van der Waals surface area (Å²) >= 11 is 0. The monoisotopic (exact) mass is 607 g/mol. The van der Waals surface area contributed by atoms with Crippen molar-refractivity contribution in [2.24, 2.45) is 0 Å². The zero-order chi connectivity index (χ0) is 31.4. The Hall–Kier alpha value is -5.13. The summed E-state index contributed by atoms with van der Waals surface area (Å²) in [6, 6.07) is 18.3. The molecule has 0 aromatic heterocycles. The van der Waals surface area contributed by atoms with Gasteiger partial charge < -0.3 is 20.1 Å². The van der Waals surface area contributed by atoms with Gasteiger partial charge in [0.15, 0.2) is 0 Å². The molecule has 0 saturated carbocycles. The standard InChI is InChI=1S/C32H28F3N3O6/c33-32(34,35)23-13-7-10-21(16-23)18-36-29(41)25(17-27(39)40)37-24(15-14-20-8-3-1-4-9-20)28(30(37)42)38-26(19-44-31(38)43)22-11-5-2-6-12-22/h1-16,24-26,28H,17-19H2,(H,36,41)(H,39,40)/t24-,25-,26-,28+/m0/s1. The zero-order valence-electron chi connectivity index (χ0n) is 23.2. The van der Waals surface area contributed by atoms with Crippen LogP contribution in [0.25, 0.3) is 6.08 Å². The SMILES string of the molecule is O=C(O)C[C@@H](C(=O)NCc1cccc(C(F)(F)F)c1)N1C(=O)[C@H](N2C(=O)OC[C@H]2c2ccccc2)[C@@H]1C=Cc1ccccc1. The first-order valence-electron chi connectivity index (χ1n) is 13.8. The highest BCUT2D eigenvalue weighted by atomic mass is 19.4. The molecule has 3 aromatic rings. The van der Waals surface area contributed by atoms with Crippen molar-refractivity contribution in [3.05, 3.63) is 113 Å². The van der Waals surface area contributed by atoms with Gasteiger partial charge in [-0.25, -0.2) is 4.79 Å². The van der Waals surface area contributed by atoms with Crippen molar-refractivity contribution in [3.8, 4) is 0 Å².